The minimum Gasteiger partial charge on any atom is -0.454 e. The largest absolute Gasteiger partial charge is 0.454 e. The average Bonchev–Trinajstić information content (AvgIpc) is 2.45. The van der Waals surface area contributed by atoms with E-state index < -0.39 is 30.1 Å². The van der Waals surface area contributed by atoms with Gasteiger partial charge in [-0.05, 0) is 19.3 Å². The molecule has 0 radical (unpaired) electrons. The molecule has 0 spiro atoms. The monoisotopic (exact) mass is 333 g/mol. The molecule has 0 atom stereocenters. The molecule has 22 heavy (non-hydrogen) atoms. The predicted octanol–water partition coefficient (Wildman–Crippen LogP) is 2.68. The molecular formula is C11H13F6N3O2. The van der Waals surface area contributed by atoms with Crippen LogP contribution >= 0.6 is 0 Å². The van der Waals surface area contributed by atoms with Crippen LogP contribution in [0.25, 0.3) is 0 Å². The number of hydrogen-bond donors (Lipinski definition) is 0. The highest BCUT2D eigenvalue weighted by Gasteiger charge is 2.74. The number of likely N-dealkylation sites (tertiary alicyclic amines) is 1. The van der Waals surface area contributed by atoms with E-state index >= 15 is 0 Å². The SMILES string of the molecule is COC1=NC(C(F)(F)F)(C(F)(F)F)N=C(N2CCCCC2)O1. The van der Waals surface area contributed by atoms with E-state index in [1.807, 2.05) is 0 Å². The van der Waals surface area contributed by atoms with Gasteiger partial charge in [-0.3, -0.25) is 0 Å². The first-order valence-corrected chi connectivity index (χ1v) is 6.41. The first-order valence-electron chi connectivity index (χ1n) is 6.41. The number of aliphatic imine (C=N–C) groups is 2. The lowest BCUT2D eigenvalue weighted by molar-refractivity contribution is -0.294. The maximum absolute atomic E-state index is 13.1. The van der Waals surface area contributed by atoms with Crippen molar-refractivity contribution in [2.75, 3.05) is 20.2 Å². The second-order valence-corrected chi connectivity index (χ2v) is 4.79. The van der Waals surface area contributed by atoms with E-state index in [0.717, 1.165) is 13.5 Å². The molecule has 11 heteroatoms. The molecule has 0 aromatic rings. The van der Waals surface area contributed by atoms with Gasteiger partial charge in [0.25, 0.3) is 6.02 Å². The number of rotatable bonds is 0. The van der Waals surface area contributed by atoms with E-state index in [1.165, 1.54) is 4.90 Å². The number of ether oxygens (including phenoxy) is 2. The zero-order chi connectivity index (χ0) is 16.6. The zero-order valence-electron chi connectivity index (χ0n) is 11.5. The lowest BCUT2D eigenvalue weighted by Gasteiger charge is -2.36. The number of nitrogens with zero attached hydrogens (tertiary/aromatic N) is 3. The Labute approximate surface area is 121 Å². The Morgan fingerprint density at radius 3 is 2.00 bits per heavy atom. The van der Waals surface area contributed by atoms with Crippen LogP contribution in [-0.4, -0.2) is 55.2 Å². The van der Waals surface area contributed by atoms with E-state index in [-0.39, 0.29) is 13.1 Å². The van der Waals surface area contributed by atoms with Crippen LogP contribution in [0.15, 0.2) is 9.98 Å². The molecule has 5 nitrogen and oxygen atoms in total. The normalized spacial score (nSPS) is 22.6. The van der Waals surface area contributed by atoms with Crippen LogP contribution in [0, 0.1) is 0 Å². The summed E-state index contributed by atoms with van der Waals surface area (Å²) in [5.41, 5.74) is -4.61. The van der Waals surface area contributed by atoms with Gasteiger partial charge < -0.3 is 14.4 Å². The highest BCUT2D eigenvalue weighted by molar-refractivity contribution is 5.89. The number of halogens is 6. The second-order valence-electron chi connectivity index (χ2n) is 4.79. The highest BCUT2D eigenvalue weighted by atomic mass is 19.4. The van der Waals surface area contributed by atoms with Crippen LogP contribution in [0.2, 0.25) is 0 Å². The molecule has 0 aliphatic carbocycles. The van der Waals surface area contributed by atoms with Gasteiger partial charge in [-0.1, -0.05) is 0 Å². The summed E-state index contributed by atoms with van der Waals surface area (Å²) < 4.78 is 87.7. The fourth-order valence-corrected chi connectivity index (χ4v) is 2.14. The summed E-state index contributed by atoms with van der Waals surface area (Å²) in [6.07, 6.45) is -10.6. The summed E-state index contributed by atoms with van der Waals surface area (Å²) in [7, 11) is 0.871. The number of piperidine rings is 1. The quantitative estimate of drug-likeness (QED) is 0.641. The van der Waals surface area contributed by atoms with Crippen molar-refractivity contribution in [2.24, 2.45) is 9.98 Å². The van der Waals surface area contributed by atoms with Gasteiger partial charge in [0, 0.05) is 13.1 Å². The van der Waals surface area contributed by atoms with Crippen molar-refractivity contribution < 1.29 is 35.8 Å². The molecule has 2 aliphatic rings. The molecular weight excluding hydrogens is 320 g/mol. The molecule has 0 N–H and O–H groups in total. The van der Waals surface area contributed by atoms with Crippen molar-refractivity contribution in [3.63, 3.8) is 0 Å². The van der Waals surface area contributed by atoms with Crippen LogP contribution < -0.4 is 0 Å². The Kier molecular flexibility index (Phi) is 4.18. The minimum absolute atomic E-state index is 0.252. The van der Waals surface area contributed by atoms with Gasteiger partial charge in [0.2, 0.25) is 0 Å². The molecule has 0 saturated carbocycles. The third kappa shape index (κ3) is 2.80. The molecule has 2 rings (SSSR count). The van der Waals surface area contributed by atoms with Crippen molar-refractivity contribution in [1.29, 1.82) is 0 Å². The smallest absolute Gasteiger partial charge is 0.444 e. The van der Waals surface area contributed by atoms with E-state index in [1.54, 1.807) is 0 Å². The molecule has 1 saturated heterocycles. The number of alkyl halides is 6. The summed E-state index contributed by atoms with van der Waals surface area (Å²) >= 11 is 0. The number of amidine groups is 1. The summed E-state index contributed by atoms with van der Waals surface area (Å²) in [6.45, 7) is 0.503. The highest BCUT2D eigenvalue weighted by Crippen LogP contribution is 2.48. The fourth-order valence-electron chi connectivity index (χ4n) is 2.14. The van der Waals surface area contributed by atoms with Crippen LogP contribution in [0.4, 0.5) is 26.3 Å². The first-order chi connectivity index (χ1) is 10.1. The van der Waals surface area contributed by atoms with E-state index in [9.17, 15) is 26.3 Å². The maximum Gasteiger partial charge on any atom is 0.444 e. The van der Waals surface area contributed by atoms with E-state index in [0.29, 0.717) is 12.8 Å². The van der Waals surface area contributed by atoms with Crippen molar-refractivity contribution >= 4 is 12.1 Å². The van der Waals surface area contributed by atoms with Gasteiger partial charge in [0.15, 0.2) is 0 Å². The fraction of sp³-hybridized carbons (Fsp3) is 0.818. The van der Waals surface area contributed by atoms with Crippen LogP contribution in [0.3, 0.4) is 0 Å². The topological polar surface area (TPSA) is 46.4 Å². The Hall–Kier alpha value is -1.68. The molecule has 0 unspecified atom stereocenters. The summed E-state index contributed by atoms with van der Waals surface area (Å²) in [5.74, 6) is 0. The van der Waals surface area contributed by atoms with Crippen LogP contribution in [-0.2, 0) is 9.47 Å². The third-order valence-corrected chi connectivity index (χ3v) is 3.28. The van der Waals surface area contributed by atoms with Crippen molar-refractivity contribution in [3.8, 4) is 0 Å². The standard InChI is InChI=1S/C11H13F6N3O2/c1-21-8-19-9(10(12,13)14,11(15,16)17)18-7(22-8)20-5-3-2-4-6-20/h2-6H2,1H3. The van der Waals surface area contributed by atoms with Crippen LogP contribution in [0.1, 0.15) is 19.3 Å². The molecule has 0 amide bonds. The van der Waals surface area contributed by atoms with Gasteiger partial charge in [-0.15, -0.1) is 0 Å². The number of methoxy groups -OCH3 is 1. The summed E-state index contributed by atoms with van der Waals surface area (Å²) in [4.78, 5) is 6.53. The second kappa shape index (κ2) is 5.51. The number of hydrogen-bond acceptors (Lipinski definition) is 5. The van der Waals surface area contributed by atoms with Gasteiger partial charge >= 0.3 is 24.1 Å². The van der Waals surface area contributed by atoms with Crippen molar-refractivity contribution in [3.05, 3.63) is 0 Å². The lowest BCUT2D eigenvalue weighted by atomic mass is 10.1. The molecule has 0 aromatic heterocycles. The van der Waals surface area contributed by atoms with E-state index in [4.69, 9.17) is 4.74 Å². The third-order valence-electron chi connectivity index (χ3n) is 3.28. The van der Waals surface area contributed by atoms with Gasteiger partial charge in [-0.2, -0.15) is 36.3 Å². The molecule has 0 aromatic carbocycles. The molecule has 2 heterocycles. The molecule has 0 bridgehead atoms. The molecule has 1 fully saturated rings. The summed E-state index contributed by atoms with van der Waals surface area (Å²) in [6, 6.07) is -0.777. The molecule has 126 valence electrons. The molecule has 2 aliphatic heterocycles. The average molecular weight is 333 g/mol. The Bertz CT molecular complexity index is 465. The Morgan fingerprint density at radius 1 is 1.00 bits per heavy atom. The lowest BCUT2D eigenvalue weighted by Crippen LogP contribution is -2.58. The van der Waals surface area contributed by atoms with E-state index in [2.05, 4.69) is 14.7 Å². The minimum atomic E-state index is -5.78. The van der Waals surface area contributed by atoms with Gasteiger partial charge in [0.05, 0.1) is 7.11 Å². The van der Waals surface area contributed by atoms with Crippen molar-refractivity contribution in [2.45, 2.75) is 37.3 Å². The zero-order valence-corrected chi connectivity index (χ0v) is 11.5. The van der Waals surface area contributed by atoms with Gasteiger partial charge in [0.1, 0.15) is 0 Å². The van der Waals surface area contributed by atoms with Crippen molar-refractivity contribution in [1.82, 2.24) is 4.90 Å². The van der Waals surface area contributed by atoms with Crippen LogP contribution in [0.5, 0.6) is 0 Å². The predicted molar refractivity (Wildman–Crippen MR) is 63.2 cm³/mol. The summed E-state index contributed by atoms with van der Waals surface area (Å²) in [5, 5.41) is 0. The van der Waals surface area contributed by atoms with Gasteiger partial charge in [-0.25, -0.2) is 0 Å². The Balaban J connectivity index is 2.50. The Morgan fingerprint density at radius 2 is 1.55 bits per heavy atom. The first kappa shape index (κ1) is 16.7. The maximum atomic E-state index is 13.1.